The highest BCUT2D eigenvalue weighted by atomic mass is 16.3. The van der Waals surface area contributed by atoms with Crippen LogP contribution >= 0.6 is 0 Å². The average Bonchev–Trinajstić information content (AvgIpc) is 2.14. The summed E-state index contributed by atoms with van der Waals surface area (Å²) < 4.78 is 0. The first-order valence-corrected chi connectivity index (χ1v) is 4.87. The topological polar surface area (TPSA) is 44.9 Å². The summed E-state index contributed by atoms with van der Waals surface area (Å²) in [6.45, 7) is 5.97. The fraction of sp³-hybridized carbons (Fsp3) is 0.455. The van der Waals surface area contributed by atoms with Crippen molar-refractivity contribution in [2.45, 2.75) is 20.4 Å². The molecular weight excluding hydrogens is 178 g/mol. The normalized spacial score (nSPS) is 12.8. The van der Waals surface area contributed by atoms with Crippen LogP contribution in [0, 0.1) is 6.92 Å². The Kier molecular flexibility index (Phi) is 3.36. The molecular formula is C11H18NO2+. The SMILES string of the molecule is CC[NH+](C)Cc1cc(O)c(O)cc1C. The summed E-state index contributed by atoms with van der Waals surface area (Å²) in [4.78, 5) is 1.37. The number of aromatic hydroxyl groups is 2. The van der Waals surface area contributed by atoms with Crippen molar-refractivity contribution in [1.82, 2.24) is 0 Å². The summed E-state index contributed by atoms with van der Waals surface area (Å²) >= 11 is 0. The molecule has 3 nitrogen and oxygen atoms in total. The Morgan fingerprint density at radius 1 is 1.21 bits per heavy atom. The molecule has 78 valence electrons. The van der Waals surface area contributed by atoms with E-state index in [0.29, 0.717) is 0 Å². The second-order valence-corrected chi connectivity index (χ2v) is 3.75. The van der Waals surface area contributed by atoms with Gasteiger partial charge in [-0.05, 0) is 31.5 Å². The summed E-state index contributed by atoms with van der Waals surface area (Å²) in [7, 11) is 2.10. The Balaban J connectivity index is 2.92. The van der Waals surface area contributed by atoms with Gasteiger partial charge in [0.1, 0.15) is 6.54 Å². The molecule has 0 spiro atoms. The number of phenols is 2. The lowest BCUT2D eigenvalue weighted by molar-refractivity contribution is -0.891. The standard InChI is InChI=1S/C11H17NO2/c1-4-12(3)7-9-6-11(14)10(13)5-8(9)2/h5-6,13-14H,4,7H2,1-3H3/p+1. The van der Waals surface area contributed by atoms with Crippen molar-refractivity contribution < 1.29 is 15.1 Å². The molecule has 0 aromatic heterocycles. The van der Waals surface area contributed by atoms with Crippen molar-refractivity contribution in [1.29, 1.82) is 0 Å². The summed E-state index contributed by atoms with van der Waals surface area (Å²) in [5, 5.41) is 18.6. The largest absolute Gasteiger partial charge is 0.504 e. The van der Waals surface area contributed by atoms with E-state index in [1.807, 2.05) is 6.92 Å². The summed E-state index contributed by atoms with van der Waals surface area (Å²) in [6.07, 6.45) is 0. The van der Waals surface area contributed by atoms with Crippen LogP contribution in [-0.4, -0.2) is 23.8 Å². The lowest BCUT2D eigenvalue weighted by Gasteiger charge is -2.13. The number of benzene rings is 1. The van der Waals surface area contributed by atoms with Gasteiger partial charge in [0.25, 0.3) is 0 Å². The Hall–Kier alpha value is -1.22. The zero-order valence-corrected chi connectivity index (χ0v) is 8.96. The van der Waals surface area contributed by atoms with Crippen molar-refractivity contribution in [2.75, 3.05) is 13.6 Å². The van der Waals surface area contributed by atoms with Gasteiger partial charge in [0, 0.05) is 5.56 Å². The van der Waals surface area contributed by atoms with Crippen LogP contribution < -0.4 is 4.90 Å². The number of rotatable bonds is 3. The van der Waals surface area contributed by atoms with Crippen molar-refractivity contribution in [3.8, 4) is 11.5 Å². The predicted octanol–water partition coefficient (Wildman–Crippen LogP) is 0.441. The Morgan fingerprint density at radius 2 is 1.79 bits per heavy atom. The second-order valence-electron chi connectivity index (χ2n) is 3.75. The molecule has 1 rings (SSSR count). The van der Waals surface area contributed by atoms with E-state index in [9.17, 15) is 10.2 Å². The van der Waals surface area contributed by atoms with E-state index < -0.39 is 0 Å². The zero-order valence-electron chi connectivity index (χ0n) is 8.96. The third-order valence-electron chi connectivity index (χ3n) is 2.53. The maximum atomic E-state index is 9.35. The van der Waals surface area contributed by atoms with Crippen LogP contribution in [0.4, 0.5) is 0 Å². The van der Waals surface area contributed by atoms with Crippen LogP contribution in [0.3, 0.4) is 0 Å². The maximum absolute atomic E-state index is 9.35. The minimum atomic E-state index is -0.0413. The molecule has 1 aromatic carbocycles. The molecule has 0 aliphatic carbocycles. The summed E-state index contributed by atoms with van der Waals surface area (Å²) in [5.41, 5.74) is 2.10. The van der Waals surface area contributed by atoms with Crippen molar-refractivity contribution >= 4 is 0 Å². The van der Waals surface area contributed by atoms with Gasteiger partial charge in [-0.15, -0.1) is 0 Å². The first-order chi connectivity index (χ1) is 6.54. The predicted molar refractivity (Wildman–Crippen MR) is 55.6 cm³/mol. The Labute approximate surface area is 84.6 Å². The van der Waals surface area contributed by atoms with Gasteiger partial charge in [-0.3, -0.25) is 0 Å². The second kappa shape index (κ2) is 4.33. The van der Waals surface area contributed by atoms with E-state index >= 15 is 0 Å². The molecule has 1 atom stereocenters. The van der Waals surface area contributed by atoms with Gasteiger partial charge < -0.3 is 15.1 Å². The lowest BCUT2D eigenvalue weighted by atomic mass is 10.1. The Morgan fingerprint density at radius 3 is 2.36 bits per heavy atom. The summed E-state index contributed by atoms with van der Waals surface area (Å²) in [5.74, 6) is -0.0742. The van der Waals surface area contributed by atoms with Crippen molar-refractivity contribution in [2.24, 2.45) is 0 Å². The van der Waals surface area contributed by atoms with E-state index in [-0.39, 0.29) is 11.5 Å². The van der Waals surface area contributed by atoms with Crippen LogP contribution in [0.15, 0.2) is 12.1 Å². The van der Waals surface area contributed by atoms with E-state index in [1.165, 1.54) is 4.90 Å². The third kappa shape index (κ3) is 2.39. The fourth-order valence-electron chi connectivity index (χ4n) is 1.37. The molecule has 1 aromatic rings. The van der Waals surface area contributed by atoms with E-state index in [0.717, 1.165) is 24.2 Å². The molecule has 0 amide bonds. The first kappa shape index (κ1) is 10.9. The molecule has 0 aliphatic heterocycles. The van der Waals surface area contributed by atoms with Gasteiger partial charge >= 0.3 is 0 Å². The van der Waals surface area contributed by atoms with Crippen LogP contribution in [-0.2, 0) is 6.54 Å². The molecule has 0 aliphatic rings. The highest BCUT2D eigenvalue weighted by Crippen LogP contribution is 2.27. The van der Waals surface area contributed by atoms with Gasteiger partial charge in [-0.25, -0.2) is 0 Å². The zero-order chi connectivity index (χ0) is 10.7. The molecule has 0 saturated heterocycles. The average molecular weight is 196 g/mol. The number of phenolic OH excluding ortho intramolecular Hbond substituents is 2. The lowest BCUT2D eigenvalue weighted by Crippen LogP contribution is -3.07. The molecule has 0 saturated carbocycles. The highest BCUT2D eigenvalue weighted by Gasteiger charge is 2.08. The van der Waals surface area contributed by atoms with Crippen LogP contribution in [0.1, 0.15) is 18.1 Å². The van der Waals surface area contributed by atoms with E-state index in [4.69, 9.17) is 0 Å². The van der Waals surface area contributed by atoms with Crippen molar-refractivity contribution in [3.05, 3.63) is 23.3 Å². The molecule has 0 fully saturated rings. The molecule has 1 unspecified atom stereocenters. The monoisotopic (exact) mass is 196 g/mol. The molecule has 0 bridgehead atoms. The number of quaternary nitrogens is 1. The van der Waals surface area contributed by atoms with Crippen molar-refractivity contribution in [3.63, 3.8) is 0 Å². The van der Waals surface area contributed by atoms with E-state index in [1.54, 1.807) is 12.1 Å². The van der Waals surface area contributed by atoms with Gasteiger partial charge in [0.2, 0.25) is 0 Å². The number of hydrogen-bond donors (Lipinski definition) is 3. The van der Waals surface area contributed by atoms with Crippen LogP contribution in [0.5, 0.6) is 11.5 Å². The van der Waals surface area contributed by atoms with Gasteiger partial charge in [0.15, 0.2) is 11.5 Å². The fourth-order valence-corrected chi connectivity index (χ4v) is 1.37. The van der Waals surface area contributed by atoms with Gasteiger partial charge in [0.05, 0.1) is 13.6 Å². The third-order valence-corrected chi connectivity index (χ3v) is 2.53. The van der Waals surface area contributed by atoms with Crippen LogP contribution in [0.2, 0.25) is 0 Å². The first-order valence-electron chi connectivity index (χ1n) is 4.87. The number of aryl methyl sites for hydroxylation is 1. The maximum Gasteiger partial charge on any atom is 0.157 e. The molecule has 14 heavy (non-hydrogen) atoms. The summed E-state index contributed by atoms with van der Waals surface area (Å²) in [6, 6.07) is 3.25. The van der Waals surface area contributed by atoms with E-state index in [2.05, 4.69) is 14.0 Å². The highest BCUT2D eigenvalue weighted by molar-refractivity contribution is 5.44. The minimum absolute atomic E-state index is 0.0329. The quantitative estimate of drug-likeness (QED) is 0.614. The Bertz CT molecular complexity index is 323. The molecule has 3 N–H and O–H groups in total. The van der Waals surface area contributed by atoms with Crippen LogP contribution in [0.25, 0.3) is 0 Å². The van der Waals surface area contributed by atoms with Gasteiger partial charge in [-0.2, -0.15) is 0 Å². The minimum Gasteiger partial charge on any atom is -0.504 e. The number of nitrogens with one attached hydrogen (secondary N) is 1. The molecule has 0 heterocycles. The molecule has 3 heteroatoms. The number of hydrogen-bond acceptors (Lipinski definition) is 2. The van der Waals surface area contributed by atoms with Gasteiger partial charge in [-0.1, -0.05) is 0 Å². The molecule has 0 radical (unpaired) electrons. The smallest absolute Gasteiger partial charge is 0.157 e.